The van der Waals surface area contributed by atoms with Crippen LogP contribution in [0.1, 0.15) is 100 Å². The van der Waals surface area contributed by atoms with E-state index < -0.39 is 0 Å². The molecule has 0 aromatic carbocycles. The second kappa shape index (κ2) is 45.6. The summed E-state index contributed by atoms with van der Waals surface area (Å²) >= 11 is 0. The monoisotopic (exact) mass is 764 g/mol. The standard InChI is InChI=1S/C6H8N4O.C5H4N4.C4H6N2.2C4H4N2.C2H3N3.6C2H6/c1-3-9-5-4(6(11)10-3)7-2-8-5;1-4-5(8-2-6-1)9-3-7-4;1-6-3-2-5-4-6;2*1-2-5-4-6-3-1;1-3-2-5-4-1;6*1-2/h2-3,9H,1H3,(H,7,8)(H,10,11);1-3H,(H,6,7,8,9);2-4H,1H3;2*1-4H;1-2H,(H,3,4,5);6*1-2H3. The van der Waals surface area contributed by atoms with Gasteiger partial charge in [-0.15, -0.1) is 0 Å². The van der Waals surface area contributed by atoms with E-state index >= 15 is 0 Å². The number of imidazole rings is 3. The van der Waals surface area contributed by atoms with Crippen LogP contribution in [0.4, 0.5) is 5.82 Å². The van der Waals surface area contributed by atoms with E-state index in [-0.39, 0.29) is 12.1 Å². The van der Waals surface area contributed by atoms with Gasteiger partial charge in [0, 0.05) is 44.2 Å². The first kappa shape index (κ1) is 55.3. The Morgan fingerprint density at radius 1 is 0.582 bits per heavy atom. The zero-order chi connectivity index (χ0) is 42.4. The maximum absolute atomic E-state index is 11.1. The molecule has 55 heavy (non-hydrogen) atoms. The SMILES string of the molecule is CC.CC.CC.CC.CC.CC.CC1NC(=O)c2[nH]cnc2N1.Cn1ccnc1.c1cncnc1.c1cncnc1.c1nc[nH]n1.c1ncc2[nH]cnc2n1. The maximum atomic E-state index is 11.1. The number of fused-ring (bicyclic) bond motifs is 2. The van der Waals surface area contributed by atoms with Gasteiger partial charge in [-0.05, 0) is 19.1 Å². The van der Waals surface area contributed by atoms with Crippen LogP contribution in [0.2, 0.25) is 0 Å². The highest BCUT2D eigenvalue weighted by Gasteiger charge is 2.22. The van der Waals surface area contributed by atoms with Crippen LogP contribution < -0.4 is 10.6 Å². The van der Waals surface area contributed by atoms with Gasteiger partial charge in [-0.3, -0.25) is 9.89 Å². The van der Waals surface area contributed by atoms with Crippen LogP contribution in [0.3, 0.4) is 0 Å². The summed E-state index contributed by atoms with van der Waals surface area (Å²) in [7, 11) is 1.94. The van der Waals surface area contributed by atoms with Crippen LogP contribution in [-0.4, -0.2) is 86.6 Å². The molecule has 0 saturated carbocycles. The number of rotatable bonds is 0. The summed E-state index contributed by atoms with van der Waals surface area (Å²) in [5.74, 6) is 0.519. The molecule has 5 N–H and O–H groups in total. The predicted molar refractivity (Wildman–Crippen MR) is 223 cm³/mol. The van der Waals surface area contributed by atoms with E-state index in [1.165, 1.54) is 38.0 Å². The number of hydrogen-bond donors (Lipinski definition) is 5. The van der Waals surface area contributed by atoms with Crippen LogP contribution in [0, 0.1) is 0 Å². The Kier molecular flexibility index (Phi) is 45.8. The van der Waals surface area contributed by atoms with Crippen molar-refractivity contribution in [2.75, 3.05) is 5.32 Å². The van der Waals surface area contributed by atoms with Gasteiger partial charge in [0.1, 0.15) is 42.8 Å². The van der Waals surface area contributed by atoms with E-state index in [2.05, 4.69) is 80.6 Å². The maximum Gasteiger partial charge on any atom is 0.273 e. The second-order valence-electron chi connectivity index (χ2n) is 7.82. The molecule has 1 aliphatic heterocycles. The average molecular weight is 764 g/mol. The number of carbonyl (C=O) groups excluding carboxylic acids is 1. The number of nitrogens with one attached hydrogen (secondary N) is 5. The first-order valence-corrected chi connectivity index (χ1v) is 18.4. The second-order valence-corrected chi connectivity index (χ2v) is 7.82. The average Bonchev–Trinajstić information content (AvgIpc) is 4.15. The number of nitrogens with zero attached hydrogens (tertiary/aromatic N) is 12. The van der Waals surface area contributed by atoms with E-state index in [0.717, 1.165) is 5.52 Å². The molecule has 1 aliphatic rings. The minimum atomic E-state index is -0.108. The van der Waals surface area contributed by atoms with Crippen molar-refractivity contribution in [3.8, 4) is 0 Å². The van der Waals surface area contributed by atoms with Crippen molar-refractivity contribution in [1.29, 1.82) is 0 Å². The number of hydrogen-bond acceptors (Lipinski definition) is 13. The van der Waals surface area contributed by atoms with Gasteiger partial charge in [-0.1, -0.05) is 83.1 Å². The van der Waals surface area contributed by atoms with E-state index in [0.29, 0.717) is 17.2 Å². The topological polar surface area (TPSA) is 235 Å². The van der Waals surface area contributed by atoms with Crippen molar-refractivity contribution in [3.63, 3.8) is 0 Å². The van der Waals surface area contributed by atoms with Crippen LogP contribution in [-0.2, 0) is 7.05 Å². The van der Waals surface area contributed by atoms with Crippen molar-refractivity contribution in [2.45, 2.75) is 96.2 Å². The molecule has 0 spiro atoms. The Morgan fingerprint density at radius 3 is 1.51 bits per heavy atom. The molecule has 0 aliphatic carbocycles. The molecule has 1 unspecified atom stereocenters. The smallest absolute Gasteiger partial charge is 0.273 e. The minimum Gasteiger partial charge on any atom is -0.348 e. The Labute approximate surface area is 327 Å². The van der Waals surface area contributed by atoms with E-state index in [1.54, 1.807) is 62.0 Å². The molecule has 0 radical (unpaired) electrons. The third-order valence-corrected chi connectivity index (χ3v) is 4.59. The van der Waals surface area contributed by atoms with Crippen molar-refractivity contribution in [3.05, 3.63) is 112 Å². The molecule has 7 aromatic heterocycles. The molecule has 18 heteroatoms. The highest BCUT2D eigenvalue weighted by Crippen LogP contribution is 2.13. The highest BCUT2D eigenvalue weighted by molar-refractivity contribution is 5.98. The molecule has 8 heterocycles. The largest absolute Gasteiger partial charge is 0.348 e. The summed E-state index contributed by atoms with van der Waals surface area (Å²) in [4.78, 5) is 54.3. The molecule has 7 aromatic rings. The van der Waals surface area contributed by atoms with Crippen molar-refractivity contribution in [2.24, 2.45) is 7.05 Å². The van der Waals surface area contributed by atoms with E-state index in [1.807, 2.05) is 108 Å². The summed E-state index contributed by atoms with van der Waals surface area (Å²) in [6.07, 6.45) is 24.3. The van der Waals surface area contributed by atoms with Gasteiger partial charge in [0.2, 0.25) is 0 Å². The summed E-state index contributed by atoms with van der Waals surface area (Å²) in [6, 6.07) is 3.56. The molecule has 18 nitrogen and oxygen atoms in total. The quantitative estimate of drug-likeness (QED) is 0.100. The third kappa shape index (κ3) is 30.8. The fraction of sp³-hybridized carbons (Fsp3) is 0.405. The fourth-order valence-corrected chi connectivity index (χ4v) is 2.78. The zero-order valence-corrected chi connectivity index (χ0v) is 35.2. The van der Waals surface area contributed by atoms with E-state index in [9.17, 15) is 4.79 Å². The summed E-state index contributed by atoms with van der Waals surface area (Å²) in [5.41, 5.74) is 2.09. The Morgan fingerprint density at radius 2 is 1.15 bits per heavy atom. The summed E-state index contributed by atoms with van der Waals surface area (Å²) < 4.78 is 1.89. The number of aromatic amines is 3. The van der Waals surface area contributed by atoms with Gasteiger partial charge < -0.3 is 25.2 Å². The number of carbonyl (C=O) groups is 1. The lowest BCUT2D eigenvalue weighted by Crippen LogP contribution is -2.42. The number of H-pyrrole nitrogens is 3. The van der Waals surface area contributed by atoms with Gasteiger partial charge in [-0.25, -0.2) is 49.8 Å². The number of aryl methyl sites for hydroxylation is 1. The number of anilines is 1. The summed E-state index contributed by atoms with van der Waals surface area (Å²) in [6.45, 7) is 25.9. The molecule has 1 amide bonds. The Bertz CT molecular complexity index is 1500. The number of aromatic nitrogens is 15. The molecule has 0 fully saturated rings. The van der Waals surface area contributed by atoms with Gasteiger partial charge in [0.25, 0.3) is 5.91 Å². The lowest BCUT2D eigenvalue weighted by molar-refractivity contribution is 0.0934. The van der Waals surface area contributed by atoms with Gasteiger partial charge in [0.05, 0.1) is 31.3 Å². The van der Waals surface area contributed by atoms with Crippen molar-refractivity contribution >= 4 is 22.9 Å². The highest BCUT2D eigenvalue weighted by atomic mass is 16.2. The molecule has 0 bridgehead atoms. The van der Waals surface area contributed by atoms with Crippen LogP contribution in [0.5, 0.6) is 0 Å². The molecule has 0 saturated heterocycles. The first-order valence-electron chi connectivity index (χ1n) is 18.4. The van der Waals surface area contributed by atoms with Crippen LogP contribution >= 0.6 is 0 Å². The normalized spacial score (nSPS) is 10.1. The van der Waals surface area contributed by atoms with Gasteiger partial charge >= 0.3 is 0 Å². The third-order valence-electron chi connectivity index (χ3n) is 4.59. The molecule has 8 rings (SSSR count). The fourth-order valence-electron chi connectivity index (χ4n) is 2.78. The van der Waals surface area contributed by atoms with Crippen LogP contribution in [0.15, 0.2) is 106 Å². The van der Waals surface area contributed by atoms with Crippen molar-refractivity contribution in [1.82, 2.24) is 79.9 Å². The van der Waals surface area contributed by atoms with Gasteiger partial charge in [0.15, 0.2) is 11.5 Å². The summed E-state index contributed by atoms with van der Waals surface area (Å²) in [5, 5.41) is 11.7. The lowest BCUT2D eigenvalue weighted by Gasteiger charge is -2.20. The Balaban J connectivity index is -0.000000273. The predicted octanol–water partition coefficient (Wildman–Crippen LogP) is 7.60. The molecular weight excluding hydrogens is 699 g/mol. The zero-order valence-electron chi connectivity index (χ0n) is 35.2. The minimum absolute atomic E-state index is 0.0432. The molecular formula is C37H65N17O. The van der Waals surface area contributed by atoms with E-state index in [4.69, 9.17) is 0 Å². The first-order chi connectivity index (χ1) is 27.1. The lowest BCUT2D eigenvalue weighted by atomic mass is 10.3. The van der Waals surface area contributed by atoms with Crippen LogP contribution in [0.25, 0.3) is 11.2 Å². The Hall–Kier alpha value is -6.46. The van der Waals surface area contributed by atoms with Gasteiger partial charge in [-0.2, -0.15) is 5.10 Å². The van der Waals surface area contributed by atoms with Crippen molar-refractivity contribution < 1.29 is 4.79 Å². The molecule has 1 atom stereocenters. The number of amides is 1. The molecule has 304 valence electrons.